The maximum atomic E-state index is 11.3. The Balaban J connectivity index is 2.34. The van der Waals surface area contributed by atoms with Gasteiger partial charge in [0.25, 0.3) is 0 Å². The number of hydrogen-bond donors (Lipinski definition) is 0. The van der Waals surface area contributed by atoms with Gasteiger partial charge in [-0.3, -0.25) is 4.79 Å². The molecule has 0 aliphatic rings. The van der Waals surface area contributed by atoms with Gasteiger partial charge in [0.1, 0.15) is 0 Å². The minimum Gasteiger partial charge on any atom is -0.469 e. The number of aromatic nitrogens is 2. The molecule has 0 radical (unpaired) electrons. The summed E-state index contributed by atoms with van der Waals surface area (Å²) in [7, 11) is 1.42. The third-order valence-electron chi connectivity index (χ3n) is 3.59. The van der Waals surface area contributed by atoms with Gasteiger partial charge in [0.05, 0.1) is 18.5 Å². The van der Waals surface area contributed by atoms with Crippen molar-refractivity contribution >= 4 is 5.97 Å². The molecule has 0 saturated carbocycles. The molecule has 20 heavy (non-hydrogen) atoms. The molecule has 0 bridgehead atoms. The van der Waals surface area contributed by atoms with Crippen molar-refractivity contribution in [3.05, 3.63) is 46.8 Å². The molecule has 0 fully saturated rings. The predicted molar refractivity (Wildman–Crippen MR) is 78.1 cm³/mol. The van der Waals surface area contributed by atoms with Crippen LogP contribution in [0.2, 0.25) is 0 Å². The van der Waals surface area contributed by atoms with Crippen LogP contribution in [-0.2, 0) is 16.0 Å². The van der Waals surface area contributed by atoms with E-state index in [9.17, 15) is 4.79 Å². The molecule has 4 nitrogen and oxygen atoms in total. The van der Waals surface area contributed by atoms with E-state index in [1.165, 1.54) is 12.7 Å². The summed E-state index contributed by atoms with van der Waals surface area (Å²) >= 11 is 0. The summed E-state index contributed by atoms with van der Waals surface area (Å²) < 4.78 is 6.65. The molecule has 106 valence electrons. The van der Waals surface area contributed by atoms with Crippen molar-refractivity contribution in [2.75, 3.05) is 7.11 Å². The minimum absolute atomic E-state index is 0.188. The lowest BCUT2D eigenvalue weighted by atomic mass is 10.1. The molecular formula is C16H20N2O2. The molecule has 0 atom stereocenters. The molecule has 0 aliphatic heterocycles. The fourth-order valence-corrected chi connectivity index (χ4v) is 2.40. The minimum atomic E-state index is -0.188. The Morgan fingerprint density at radius 1 is 1.25 bits per heavy atom. The van der Waals surface area contributed by atoms with E-state index in [1.807, 2.05) is 30.7 Å². The van der Waals surface area contributed by atoms with E-state index < -0.39 is 0 Å². The molecule has 0 amide bonds. The standard InChI is InChI=1S/C16H20N2O2/c1-11-7-5-6-8-15(11)18-13(3)14(12(2)17-18)9-10-16(19)20-4/h5-8H,9-10H2,1-4H3. The maximum absolute atomic E-state index is 11.3. The summed E-state index contributed by atoms with van der Waals surface area (Å²) in [6.45, 7) is 6.09. The molecule has 0 aliphatic carbocycles. The SMILES string of the molecule is COC(=O)CCc1c(C)nn(-c2ccccc2C)c1C. The van der Waals surface area contributed by atoms with Crippen LogP contribution in [0.3, 0.4) is 0 Å². The summed E-state index contributed by atoms with van der Waals surface area (Å²) in [5, 5.41) is 4.61. The van der Waals surface area contributed by atoms with Gasteiger partial charge in [-0.15, -0.1) is 0 Å². The summed E-state index contributed by atoms with van der Waals surface area (Å²) in [5.41, 5.74) is 5.43. The zero-order chi connectivity index (χ0) is 14.7. The highest BCUT2D eigenvalue weighted by Crippen LogP contribution is 2.21. The maximum Gasteiger partial charge on any atom is 0.305 e. The first-order chi connectivity index (χ1) is 9.54. The number of carbonyl (C=O) groups excluding carboxylic acids is 1. The molecular weight excluding hydrogens is 252 g/mol. The molecule has 1 aromatic heterocycles. The number of esters is 1. The Morgan fingerprint density at radius 2 is 1.95 bits per heavy atom. The number of aryl methyl sites for hydroxylation is 2. The molecule has 0 N–H and O–H groups in total. The molecule has 0 unspecified atom stereocenters. The van der Waals surface area contributed by atoms with E-state index in [-0.39, 0.29) is 5.97 Å². The van der Waals surface area contributed by atoms with Crippen molar-refractivity contribution in [2.45, 2.75) is 33.6 Å². The topological polar surface area (TPSA) is 44.1 Å². The van der Waals surface area contributed by atoms with Crippen LogP contribution < -0.4 is 0 Å². The van der Waals surface area contributed by atoms with Gasteiger partial charge in [-0.2, -0.15) is 5.10 Å². The van der Waals surface area contributed by atoms with Crippen LogP contribution in [0, 0.1) is 20.8 Å². The van der Waals surface area contributed by atoms with Crippen LogP contribution in [0.5, 0.6) is 0 Å². The summed E-state index contributed by atoms with van der Waals surface area (Å²) in [4.78, 5) is 11.3. The van der Waals surface area contributed by atoms with Crippen LogP contribution >= 0.6 is 0 Å². The van der Waals surface area contributed by atoms with Crippen molar-refractivity contribution in [1.82, 2.24) is 9.78 Å². The number of methoxy groups -OCH3 is 1. The highest BCUT2D eigenvalue weighted by atomic mass is 16.5. The van der Waals surface area contributed by atoms with Gasteiger partial charge in [0.15, 0.2) is 0 Å². The number of rotatable bonds is 4. The summed E-state index contributed by atoms with van der Waals surface area (Å²) in [6.07, 6.45) is 1.05. The fraction of sp³-hybridized carbons (Fsp3) is 0.375. The average Bonchev–Trinajstić information content (AvgIpc) is 2.72. The lowest BCUT2D eigenvalue weighted by molar-refractivity contribution is -0.140. The second-order valence-corrected chi connectivity index (χ2v) is 4.92. The fourth-order valence-electron chi connectivity index (χ4n) is 2.40. The van der Waals surface area contributed by atoms with Crippen molar-refractivity contribution in [1.29, 1.82) is 0 Å². The number of benzene rings is 1. The van der Waals surface area contributed by atoms with E-state index in [1.54, 1.807) is 0 Å². The Bertz CT molecular complexity index is 629. The molecule has 2 aromatic rings. The second-order valence-electron chi connectivity index (χ2n) is 4.92. The van der Waals surface area contributed by atoms with Gasteiger partial charge in [-0.05, 0) is 44.4 Å². The predicted octanol–water partition coefficient (Wildman–Crippen LogP) is 2.90. The number of hydrogen-bond acceptors (Lipinski definition) is 3. The van der Waals surface area contributed by atoms with Gasteiger partial charge < -0.3 is 4.74 Å². The highest BCUT2D eigenvalue weighted by molar-refractivity contribution is 5.69. The second kappa shape index (κ2) is 5.90. The van der Waals surface area contributed by atoms with Crippen molar-refractivity contribution in [2.24, 2.45) is 0 Å². The van der Waals surface area contributed by atoms with Crippen molar-refractivity contribution in [3.8, 4) is 5.69 Å². The Morgan fingerprint density at radius 3 is 2.60 bits per heavy atom. The zero-order valence-corrected chi connectivity index (χ0v) is 12.4. The molecule has 1 aromatic carbocycles. The van der Waals surface area contributed by atoms with Crippen molar-refractivity contribution < 1.29 is 9.53 Å². The highest BCUT2D eigenvalue weighted by Gasteiger charge is 2.15. The van der Waals surface area contributed by atoms with Gasteiger partial charge in [-0.25, -0.2) is 4.68 Å². The first-order valence-electron chi connectivity index (χ1n) is 6.72. The van der Waals surface area contributed by atoms with E-state index in [2.05, 4.69) is 24.2 Å². The van der Waals surface area contributed by atoms with E-state index in [4.69, 9.17) is 4.74 Å². The number of para-hydroxylation sites is 1. The average molecular weight is 272 g/mol. The van der Waals surface area contributed by atoms with Crippen molar-refractivity contribution in [3.63, 3.8) is 0 Å². The number of ether oxygens (including phenoxy) is 1. The first kappa shape index (κ1) is 14.3. The van der Waals surface area contributed by atoms with E-state index >= 15 is 0 Å². The zero-order valence-electron chi connectivity index (χ0n) is 12.4. The summed E-state index contributed by atoms with van der Waals surface area (Å²) in [6, 6.07) is 8.15. The van der Waals surface area contributed by atoms with Crippen LogP contribution in [0.15, 0.2) is 24.3 Å². The molecule has 2 rings (SSSR count). The van der Waals surface area contributed by atoms with E-state index in [0.29, 0.717) is 12.8 Å². The molecule has 4 heteroatoms. The van der Waals surface area contributed by atoms with Crippen LogP contribution in [-0.4, -0.2) is 22.9 Å². The first-order valence-corrected chi connectivity index (χ1v) is 6.72. The van der Waals surface area contributed by atoms with Gasteiger partial charge in [0.2, 0.25) is 0 Å². The number of nitrogens with zero attached hydrogens (tertiary/aromatic N) is 2. The van der Waals surface area contributed by atoms with Crippen LogP contribution in [0.25, 0.3) is 5.69 Å². The normalized spacial score (nSPS) is 10.6. The Hall–Kier alpha value is -2.10. The Labute approximate surface area is 119 Å². The van der Waals surface area contributed by atoms with Crippen LogP contribution in [0.4, 0.5) is 0 Å². The summed E-state index contributed by atoms with van der Waals surface area (Å²) in [5.74, 6) is -0.188. The van der Waals surface area contributed by atoms with Gasteiger partial charge >= 0.3 is 5.97 Å². The Kier molecular flexibility index (Phi) is 4.23. The third-order valence-corrected chi connectivity index (χ3v) is 3.59. The number of carbonyl (C=O) groups is 1. The molecule has 0 spiro atoms. The molecule has 0 saturated heterocycles. The quantitative estimate of drug-likeness (QED) is 0.804. The van der Waals surface area contributed by atoms with Gasteiger partial charge in [-0.1, -0.05) is 18.2 Å². The van der Waals surface area contributed by atoms with Gasteiger partial charge in [0, 0.05) is 12.1 Å². The lowest BCUT2D eigenvalue weighted by Gasteiger charge is -2.08. The monoisotopic (exact) mass is 272 g/mol. The van der Waals surface area contributed by atoms with Crippen LogP contribution in [0.1, 0.15) is 28.9 Å². The largest absolute Gasteiger partial charge is 0.469 e. The smallest absolute Gasteiger partial charge is 0.305 e. The molecule has 1 heterocycles. The lowest BCUT2D eigenvalue weighted by Crippen LogP contribution is -2.04. The third kappa shape index (κ3) is 2.74. The van der Waals surface area contributed by atoms with E-state index in [0.717, 1.165) is 22.6 Å².